The second-order valence-corrected chi connectivity index (χ2v) is 5.88. The van der Waals surface area contributed by atoms with E-state index in [-0.39, 0.29) is 11.8 Å². The molecule has 0 bridgehead atoms. The van der Waals surface area contributed by atoms with Crippen molar-refractivity contribution in [3.8, 4) is 5.75 Å². The Bertz CT molecular complexity index is 730. The highest BCUT2D eigenvalue weighted by atomic mass is 16.5. The molecule has 0 saturated carbocycles. The Labute approximate surface area is 147 Å². The molecule has 25 heavy (non-hydrogen) atoms. The van der Waals surface area contributed by atoms with Gasteiger partial charge in [-0.15, -0.1) is 0 Å². The van der Waals surface area contributed by atoms with E-state index < -0.39 is 5.54 Å². The van der Waals surface area contributed by atoms with Crippen LogP contribution in [0.2, 0.25) is 0 Å². The lowest BCUT2D eigenvalue weighted by Crippen LogP contribution is -2.49. The number of anilines is 1. The van der Waals surface area contributed by atoms with Crippen molar-refractivity contribution in [1.29, 1.82) is 0 Å². The maximum absolute atomic E-state index is 12.3. The quantitative estimate of drug-likeness (QED) is 0.672. The van der Waals surface area contributed by atoms with Crippen molar-refractivity contribution in [3.63, 3.8) is 0 Å². The number of carbonyl (C=O) groups is 2. The smallest absolute Gasteiger partial charge is 0.244 e. The number of hydrogen-bond acceptors (Lipinski definition) is 4. The molecule has 132 valence electrons. The molecule has 0 aromatic heterocycles. The third-order valence-electron chi connectivity index (χ3n) is 3.66. The normalized spacial score (nSPS) is 12.8. The minimum atomic E-state index is -1.10. The van der Waals surface area contributed by atoms with Crippen LogP contribution in [0.4, 0.5) is 5.69 Å². The number of amides is 2. The van der Waals surface area contributed by atoms with Gasteiger partial charge in [0, 0.05) is 18.7 Å². The average molecular weight is 341 g/mol. The van der Waals surface area contributed by atoms with Crippen molar-refractivity contribution in [2.75, 3.05) is 18.5 Å². The van der Waals surface area contributed by atoms with E-state index in [0.29, 0.717) is 24.6 Å². The Morgan fingerprint density at radius 2 is 1.84 bits per heavy atom. The molecule has 0 aliphatic heterocycles. The topological polar surface area (TPSA) is 93.5 Å². The summed E-state index contributed by atoms with van der Waals surface area (Å²) < 4.78 is 5.59. The predicted octanol–water partition coefficient (Wildman–Crippen LogP) is 2.01. The summed E-state index contributed by atoms with van der Waals surface area (Å²) >= 11 is 0. The fourth-order valence-corrected chi connectivity index (χ4v) is 2.30. The molecule has 0 heterocycles. The molecular weight excluding hydrogens is 318 g/mol. The van der Waals surface area contributed by atoms with Gasteiger partial charge in [-0.2, -0.15) is 0 Å². The van der Waals surface area contributed by atoms with Gasteiger partial charge in [0.1, 0.15) is 17.9 Å². The van der Waals surface area contributed by atoms with Crippen LogP contribution in [0.25, 0.3) is 0 Å². The molecule has 0 saturated heterocycles. The van der Waals surface area contributed by atoms with Gasteiger partial charge in [0.15, 0.2) is 0 Å². The van der Waals surface area contributed by atoms with Crippen LogP contribution >= 0.6 is 0 Å². The average Bonchev–Trinajstić information content (AvgIpc) is 2.59. The van der Waals surface area contributed by atoms with Gasteiger partial charge in [0.2, 0.25) is 11.8 Å². The maximum atomic E-state index is 12.3. The molecule has 0 radical (unpaired) electrons. The van der Waals surface area contributed by atoms with Crippen LogP contribution in [-0.2, 0) is 15.1 Å². The van der Waals surface area contributed by atoms with E-state index in [0.717, 1.165) is 5.56 Å². The van der Waals surface area contributed by atoms with Crippen molar-refractivity contribution in [2.45, 2.75) is 19.4 Å². The maximum Gasteiger partial charge on any atom is 0.244 e. The van der Waals surface area contributed by atoms with Crippen molar-refractivity contribution >= 4 is 17.5 Å². The van der Waals surface area contributed by atoms with Gasteiger partial charge in [-0.3, -0.25) is 9.59 Å². The van der Waals surface area contributed by atoms with E-state index in [1.54, 1.807) is 31.2 Å². The van der Waals surface area contributed by atoms with Gasteiger partial charge in [0.05, 0.1) is 6.54 Å². The molecule has 6 heteroatoms. The monoisotopic (exact) mass is 341 g/mol. The molecule has 4 N–H and O–H groups in total. The number of carbonyl (C=O) groups excluding carboxylic acids is 2. The standard InChI is InChI=1S/C19H23N3O3/c1-14(23)22-16-9-6-10-17(13-16)25-12-11-21-18(24)19(2,20)15-7-4-3-5-8-15/h3-10,13H,11-12,20H2,1-2H3,(H,21,24)(H,22,23). The summed E-state index contributed by atoms with van der Waals surface area (Å²) in [4.78, 5) is 23.4. The first kappa shape index (κ1) is 18.5. The van der Waals surface area contributed by atoms with Gasteiger partial charge in [-0.05, 0) is 24.6 Å². The summed E-state index contributed by atoms with van der Waals surface area (Å²) in [6.07, 6.45) is 0. The molecule has 0 spiro atoms. The summed E-state index contributed by atoms with van der Waals surface area (Å²) in [5.41, 5.74) is 6.45. The first-order valence-corrected chi connectivity index (χ1v) is 8.03. The number of benzene rings is 2. The first-order chi connectivity index (χ1) is 11.9. The lowest BCUT2D eigenvalue weighted by Gasteiger charge is -2.24. The number of rotatable bonds is 7. The molecule has 1 atom stereocenters. The molecular formula is C19H23N3O3. The third kappa shape index (κ3) is 5.32. The highest BCUT2D eigenvalue weighted by Crippen LogP contribution is 2.18. The molecule has 2 amide bonds. The minimum absolute atomic E-state index is 0.146. The summed E-state index contributed by atoms with van der Waals surface area (Å²) in [7, 11) is 0. The summed E-state index contributed by atoms with van der Waals surface area (Å²) in [6, 6.07) is 16.3. The van der Waals surface area contributed by atoms with E-state index in [2.05, 4.69) is 10.6 Å². The van der Waals surface area contributed by atoms with Crippen molar-refractivity contribution in [2.24, 2.45) is 5.73 Å². The van der Waals surface area contributed by atoms with E-state index in [1.165, 1.54) is 6.92 Å². The van der Waals surface area contributed by atoms with Crippen LogP contribution in [0.1, 0.15) is 19.4 Å². The van der Waals surface area contributed by atoms with Crippen molar-refractivity contribution < 1.29 is 14.3 Å². The highest BCUT2D eigenvalue weighted by Gasteiger charge is 2.29. The van der Waals surface area contributed by atoms with Gasteiger partial charge in [-0.1, -0.05) is 36.4 Å². The lowest BCUT2D eigenvalue weighted by molar-refractivity contribution is -0.126. The van der Waals surface area contributed by atoms with Crippen LogP contribution in [0.5, 0.6) is 5.75 Å². The second-order valence-electron chi connectivity index (χ2n) is 5.88. The van der Waals surface area contributed by atoms with Crippen molar-refractivity contribution in [3.05, 3.63) is 60.2 Å². The molecule has 0 fully saturated rings. The first-order valence-electron chi connectivity index (χ1n) is 8.03. The predicted molar refractivity (Wildman–Crippen MR) is 97.2 cm³/mol. The Hall–Kier alpha value is -2.86. The third-order valence-corrected chi connectivity index (χ3v) is 3.66. The van der Waals surface area contributed by atoms with Crippen LogP contribution < -0.4 is 21.1 Å². The number of hydrogen-bond donors (Lipinski definition) is 3. The fraction of sp³-hybridized carbons (Fsp3) is 0.263. The van der Waals surface area contributed by atoms with E-state index in [1.807, 2.05) is 30.3 Å². The van der Waals surface area contributed by atoms with Crippen LogP contribution in [0.3, 0.4) is 0 Å². The van der Waals surface area contributed by atoms with E-state index in [9.17, 15) is 9.59 Å². The SMILES string of the molecule is CC(=O)Nc1cccc(OCCNC(=O)C(C)(N)c2ccccc2)c1. The Balaban J connectivity index is 1.83. The summed E-state index contributed by atoms with van der Waals surface area (Å²) in [5.74, 6) is 0.195. The molecule has 6 nitrogen and oxygen atoms in total. The zero-order valence-corrected chi connectivity index (χ0v) is 14.4. The zero-order valence-electron chi connectivity index (χ0n) is 14.4. The zero-order chi connectivity index (χ0) is 18.3. The molecule has 2 aromatic rings. The highest BCUT2D eigenvalue weighted by molar-refractivity contribution is 5.88. The van der Waals surface area contributed by atoms with Crippen LogP contribution in [0.15, 0.2) is 54.6 Å². The molecule has 2 aromatic carbocycles. The van der Waals surface area contributed by atoms with Gasteiger partial charge < -0.3 is 21.1 Å². The Morgan fingerprint density at radius 1 is 1.12 bits per heavy atom. The van der Waals surface area contributed by atoms with Crippen LogP contribution in [-0.4, -0.2) is 25.0 Å². The molecule has 1 unspecified atom stereocenters. The molecule has 0 aliphatic carbocycles. The Kier molecular flexibility index (Phi) is 6.14. The number of ether oxygens (including phenoxy) is 1. The largest absolute Gasteiger partial charge is 0.492 e. The summed E-state index contributed by atoms with van der Waals surface area (Å²) in [6.45, 7) is 3.73. The lowest BCUT2D eigenvalue weighted by atomic mass is 9.92. The summed E-state index contributed by atoms with van der Waals surface area (Å²) in [5, 5.41) is 5.47. The van der Waals surface area contributed by atoms with Gasteiger partial charge in [0.25, 0.3) is 0 Å². The number of nitrogens with one attached hydrogen (secondary N) is 2. The number of nitrogens with two attached hydrogens (primary N) is 1. The fourth-order valence-electron chi connectivity index (χ4n) is 2.30. The second kappa shape index (κ2) is 8.30. The van der Waals surface area contributed by atoms with E-state index in [4.69, 9.17) is 10.5 Å². The van der Waals surface area contributed by atoms with Gasteiger partial charge >= 0.3 is 0 Å². The minimum Gasteiger partial charge on any atom is -0.492 e. The molecule has 2 rings (SSSR count). The van der Waals surface area contributed by atoms with Crippen molar-refractivity contribution in [1.82, 2.24) is 5.32 Å². The Morgan fingerprint density at radius 3 is 2.52 bits per heavy atom. The van der Waals surface area contributed by atoms with Gasteiger partial charge in [-0.25, -0.2) is 0 Å². The van der Waals surface area contributed by atoms with Crippen LogP contribution in [0, 0.1) is 0 Å². The molecule has 0 aliphatic rings. The van der Waals surface area contributed by atoms with E-state index >= 15 is 0 Å².